The Morgan fingerprint density at radius 2 is 2.12 bits per heavy atom. The minimum absolute atomic E-state index is 0.445. The quantitative estimate of drug-likeness (QED) is 0.599. The number of anilines is 1. The first-order chi connectivity index (χ1) is 12.3. The summed E-state index contributed by atoms with van der Waals surface area (Å²) in [5.41, 5.74) is 11.7. The molecule has 0 saturated heterocycles. The second-order valence-corrected chi connectivity index (χ2v) is 6.54. The predicted octanol–water partition coefficient (Wildman–Crippen LogP) is 2.59. The number of nitrogen functional groups attached to an aromatic ring is 1. The van der Waals surface area contributed by atoms with Crippen molar-refractivity contribution < 1.29 is 0 Å². The highest BCUT2D eigenvalue weighted by Gasteiger charge is 2.23. The summed E-state index contributed by atoms with van der Waals surface area (Å²) in [7, 11) is 0. The number of nitrogens with zero attached hydrogens (tertiary/aromatic N) is 5. The molecule has 0 radical (unpaired) electrons. The van der Waals surface area contributed by atoms with Crippen molar-refractivity contribution >= 4 is 17.0 Å². The van der Waals surface area contributed by atoms with E-state index in [4.69, 9.17) is 5.73 Å². The minimum atomic E-state index is 0.445. The second kappa shape index (κ2) is 5.41. The number of nitrogens with one attached hydrogen (secondary N) is 1. The Bertz CT molecular complexity index is 1060. The minimum Gasteiger partial charge on any atom is -0.384 e. The highest BCUT2D eigenvalue weighted by atomic mass is 15.3. The van der Waals surface area contributed by atoms with E-state index in [2.05, 4.69) is 56.0 Å². The molecule has 0 unspecified atom stereocenters. The number of aromatic nitrogens is 6. The summed E-state index contributed by atoms with van der Waals surface area (Å²) in [4.78, 5) is 4.17. The van der Waals surface area contributed by atoms with Crippen molar-refractivity contribution in [2.24, 2.45) is 0 Å². The van der Waals surface area contributed by atoms with E-state index < -0.39 is 0 Å². The molecule has 1 fully saturated rings. The van der Waals surface area contributed by atoms with Gasteiger partial charge in [-0.25, -0.2) is 9.67 Å². The number of fused-ring (bicyclic) bond motifs is 1. The largest absolute Gasteiger partial charge is 0.384 e. The van der Waals surface area contributed by atoms with Gasteiger partial charge in [-0.05, 0) is 53.6 Å². The number of aromatic amines is 1. The van der Waals surface area contributed by atoms with E-state index in [0.717, 1.165) is 28.2 Å². The van der Waals surface area contributed by atoms with Crippen molar-refractivity contribution in [3.8, 4) is 5.69 Å². The lowest BCUT2D eigenvalue weighted by molar-refractivity contribution is 0.876. The van der Waals surface area contributed by atoms with E-state index in [1.165, 1.54) is 18.4 Å². The molecule has 0 bridgehead atoms. The Morgan fingerprint density at radius 3 is 3.00 bits per heavy atom. The van der Waals surface area contributed by atoms with Crippen LogP contribution in [0.4, 0.5) is 5.82 Å². The van der Waals surface area contributed by atoms with E-state index in [1.54, 1.807) is 0 Å². The van der Waals surface area contributed by atoms with E-state index in [9.17, 15) is 0 Å². The average molecular weight is 331 g/mol. The fourth-order valence-corrected chi connectivity index (χ4v) is 3.21. The molecule has 0 amide bonds. The number of nitrogens with two attached hydrogens (primary N) is 1. The van der Waals surface area contributed by atoms with Crippen molar-refractivity contribution in [3.63, 3.8) is 0 Å². The molecule has 3 aromatic heterocycles. The molecule has 0 atom stereocenters. The second-order valence-electron chi connectivity index (χ2n) is 6.54. The molecule has 1 aliphatic rings. The Hall–Kier alpha value is -3.22. The molecule has 4 aromatic rings. The molecule has 1 aromatic carbocycles. The summed E-state index contributed by atoms with van der Waals surface area (Å²) in [6.45, 7) is 0. The summed E-state index contributed by atoms with van der Waals surface area (Å²) < 4.78 is 1.92. The maximum absolute atomic E-state index is 5.87. The van der Waals surface area contributed by atoms with Gasteiger partial charge in [0.25, 0.3) is 0 Å². The fourth-order valence-electron chi connectivity index (χ4n) is 3.21. The van der Waals surface area contributed by atoms with Crippen LogP contribution in [-0.4, -0.2) is 30.2 Å². The molecular weight excluding hydrogens is 314 g/mol. The summed E-state index contributed by atoms with van der Waals surface area (Å²) in [6.07, 6.45) is 7.20. The third kappa shape index (κ3) is 2.63. The van der Waals surface area contributed by atoms with Gasteiger partial charge < -0.3 is 5.73 Å². The lowest BCUT2D eigenvalue weighted by atomic mass is 10.1. The topological polar surface area (TPSA) is 98.3 Å². The van der Waals surface area contributed by atoms with Crippen LogP contribution >= 0.6 is 0 Å². The Kier molecular flexibility index (Phi) is 3.06. The molecule has 124 valence electrons. The molecule has 1 aliphatic carbocycles. The highest BCUT2D eigenvalue weighted by molar-refractivity contribution is 5.76. The zero-order chi connectivity index (χ0) is 16.8. The molecule has 7 nitrogen and oxygen atoms in total. The molecule has 7 heteroatoms. The van der Waals surface area contributed by atoms with Crippen molar-refractivity contribution in [3.05, 3.63) is 59.4 Å². The van der Waals surface area contributed by atoms with Crippen LogP contribution in [0.15, 0.2) is 42.7 Å². The van der Waals surface area contributed by atoms with Gasteiger partial charge in [-0.1, -0.05) is 12.1 Å². The van der Waals surface area contributed by atoms with Crippen LogP contribution in [-0.2, 0) is 6.42 Å². The molecule has 1 saturated carbocycles. The third-order valence-electron chi connectivity index (χ3n) is 4.60. The van der Waals surface area contributed by atoms with Gasteiger partial charge in [-0.3, -0.25) is 0 Å². The first kappa shape index (κ1) is 14.2. The fraction of sp³-hybridized carbons (Fsp3) is 0.222. The first-order valence-corrected chi connectivity index (χ1v) is 8.36. The van der Waals surface area contributed by atoms with Gasteiger partial charge in [0.2, 0.25) is 5.65 Å². The number of hydrogen-bond acceptors (Lipinski definition) is 5. The number of pyridine rings is 1. The van der Waals surface area contributed by atoms with Crippen molar-refractivity contribution in [2.75, 3.05) is 5.73 Å². The van der Waals surface area contributed by atoms with Gasteiger partial charge in [-0.2, -0.15) is 15.4 Å². The zero-order valence-electron chi connectivity index (χ0n) is 13.6. The van der Waals surface area contributed by atoms with Crippen LogP contribution < -0.4 is 5.73 Å². The lowest BCUT2D eigenvalue weighted by Crippen LogP contribution is -1.97. The molecule has 0 spiro atoms. The van der Waals surface area contributed by atoms with E-state index in [-0.39, 0.29) is 0 Å². The van der Waals surface area contributed by atoms with Crippen LogP contribution in [0.5, 0.6) is 0 Å². The smallest absolute Gasteiger partial charge is 0.203 e. The molecule has 5 rings (SSSR count). The monoisotopic (exact) mass is 331 g/mol. The maximum Gasteiger partial charge on any atom is 0.203 e. The summed E-state index contributed by atoms with van der Waals surface area (Å²) >= 11 is 0. The van der Waals surface area contributed by atoms with Crippen LogP contribution in [0.25, 0.3) is 16.9 Å². The predicted molar refractivity (Wildman–Crippen MR) is 94.4 cm³/mol. The average Bonchev–Trinajstić information content (AvgIpc) is 3.18. The third-order valence-corrected chi connectivity index (χ3v) is 4.60. The van der Waals surface area contributed by atoms with Gasteiger partial charge in [-0.15, -0.1) is 5.10 Å². The molecule has 0 aliphatic heterocycles. The Balaban J connectivity index is 1.46. The van der Waals surface area contributed by atoms with Crippen LogP contribution in [0, 0.1) is 0 Å². The molecule has 3 heterocycles. The molecular formula is C18H17N7. The van der Waals surface area contributed by atoms with Crippen molar-refractivity contribution in [1.82, 2.24) is 30.2 Å². The van der Waals surface area contributed by atoms with Gasteiger partial charge in [0.1, 0.15) is 11.3 Å². The number of hydrogen-bond donors (Lipinski definition) is 2. The van der Waals surface area contributed by atoms with Gasteiger partial charge in [0.15, 0.2) is 0 Å². The van der Waals surface area contributed by atoms with E-state index in [1.807, 2.05) is 16.9 Å². The highest BCUT2D eigenvalue weighted by Crippen LogP contribution is 2.40. The number of rotatable bonds is 4. The van der Waals surface area contributed by atoms with Crippen molar-refractivity contribution in [1.29, 1.82) is 0 Å². The van der Waals surface area contributed by atoms with Crippen LogP contribution in [0.2, 0.25) is 0 Å². The van der Waals surface area contributed by atoms with Gasteiger partial charge in [0, 0.05) is 12.6 Å². The van der Waals surface area contributed by atoms with Crippen LogP contribution in [0.1, 0.15) is 35.4 Å². The number of benzene rings is 1. The van der Waals surface area contributed by atoms with E-state index in [0.29, 0.717) is 17.9 Å². The summed E-state index contributed by atoms with van der Waals surface area (Å²) in [5, 5.41) is 15.3. The number of H-pyrrole nitrogens is 1. The Morgan fingerprint density at radius 1 is 1.20 bits per heavy atom. The maximum atomic E-state index is 5.87. The van der Waals surface area contributed by atoms with E-state index >= 15 is 0 Å². The first-order valence-electron chi connectivity index (χ1n) is 8.36. The standard InChI is InChI=1S/C18H17N7/c19-16-8-14(17-18(21-16)23-24-22-17)6-11-9-20-25(10-11)15-3-1-2-13(7-15)12-4-5-12/h1-3,7-10,12H,4-6H2,(H3,19,21,22,23,24). The van der Waals surface area contributed by atoms with Gasteiger partial charge >= 0.3 is 0 Å². The molecule has 3 N–H and O–H groups in total. The van der Waals surface area contributed by atoms with Gasteiger partial charge in [0.05, 0.1) is 11.9 Å². The normalized spacial score (nSPS) is 14.2. The Labute approximate surface area is 143 Å². The molecule has 25 heavy (non-hydrogen) atoms. The van der Waals surface area contributed by atoms with Crippen LogP contribution in [0.3, 0.4) is 0 Å². The SMILES string of the molecule is Nc1cc(Cc2cnn(-c3cccc(C4CC4)c3)c2)c2n[nH]nc2n1. The zero-order valence-corrected chi connectivity index (χ0v) is 13.6. The summed E-state index contributed by atoms with van der Waals surface area (Å²) in [6, 6.07) is 10.5. The summed E-state index contributed by atoms with van der Waals surface area (Å²) in [5.74, 6) is 1.18. The van der Waals surface area contributed by atoms with Crippen molar-refractivity contribution in [2.45, 2.75) is 25.2 Å². The lowest BCUT2D eigenvalue weighted by Gasteiger charge is -2.04.